The highest BCUT2D eigenvalue weighted by atomic mass is 16.5. The van der Waals surface area contributed by atoms with Crippen LogP contribution in [-0.2, 0) is 4.79 Å². The molecule has 0 saturated carbocycles. The highest BCUT2D eigenvalue weighted by Crippen LogP contribution is 2.27. The molecular formula is C23H24O6. The molecule has 6 nitrogen and oxygen atoms in total. The summed E-state index contributed by atoms with van der Waals surface area (Å²) in [5.41, 5.74) is 2.45. The molecule has 0 fully saturated rings. The fraction of sp³-hybridized carbons (Fsp3) is 0.304. The van der Waals surface area contributed by atoms with E-state index in [1.54, 1.807) is 18.2 Å². The summed E-state index contributed by atoms with van der Waals surface area (Å²) in [5, 5.41) is 9.04. The second-order valence-corrected chi connectivity index (χ2v) is 7.21. The molecule has 0 aliphatic heterocycles. The molecule has 0 aliphatic carbocycles. The van der Waals surface area contributed by atoms with Crippen LogP contribution in [0.1, 0.15) is 43.7 Å². The molecule has 3 rings (SSSR count). The maximum Gasteiger partial charge on any atom is 0.303 e. The zero-order valence-corrected chi connectivity index (χ0v) is 16.7. The number of rotatable bonds is 8. The minimum absolute atomic E-state index is 0.0426. The number of carbonyl (C=O) groups is 1. The van der Waals surface area contributed by atoms with Gasteiger partial charge in [-0.05, 0) is 54.7 Å². The van der Waals surface area contributed by atoms with Gasteiger partial charge < -0.3 is 19.0 Å². The van der Waals surface area contributed by atoms with E-state index in [2.05, 4.69) is 13.8 Å². The van der Waals surface area contributed by atoms with Gasteiger partial charge in [0.15, 0.2) is 0 Å². The normalized spacial score (nSPS) is 11.0. The smallest absolute Gasteiger partial charge is 0.303 e. The molecule has 0 unspecified atom stereocenters. The summed E-state index contributed by atoms with van der Waals surface area (Å²) in [6, 6.07) is 10.7. The first kappa shape index (κ1) is 20.5. The third kappa shape index (κ3) is 4.96. The molecule has 2 aromatic carbocycles. The monoisotopic (exact) mass is 396 g/mol. The maximum absolute atomic E-state index is 12.7. The van der Waals surface area contributed by atoms with E-state index in [-0.39, 0.29) is 24.2 Å². The van der Waals surface area contributed by atoms with Crippen molar-refractivity contribution in [2.75, 3.05) is 6.61 Å². The average Bonchev–Trinajstić information content (AvgIpc) is 2.67. The van der Waals surface area contributed by atoms with Crippen molar-refractivity contribution in [1.29, 1.82) is 0 Å². The van der Waals surface area contributed by atoms with Gasteiger partial charge >= 0.3 is 5.97 Å². The van der Waals surface area contributed by atoms with Crippen molar-refractivity contribution in [1.82, 2.24) is 0 Å². The Morgan fingerprint density at radius 3 is 2.59 bits per heavy atom. The molecule has 3 aromatic rings. The van der Waals surface area contributed by atoms with Crippen molar-refractivity contribution < 1.29 is 23.8 Å². The van der Waals surface area contributed by atoms with Crippen molar-refractivity contribution >= 4 is 16.9 Å². The van der Waals surface area contributed by atoms with Gasteiger partial charge in [-0.15, -0.1) is 0 Å². The van der Waals surface area contributed by atoms with Crippen LogP contribution in [0, 0.1) is 6.92 Å². The fourth-order valence-electron chi connectivity index (χ4n) is 3.15. The molecule has 0 saturated heterocycles. The predicted molar refractivity (Wildman–Crippen MR) is 110 cm³/mol. The molecule has 1 aromatic heterocycles. The van der Waals surface area contributed by atoms with Crippen LogP contribution in [0.3, 0.4) is 0 Å². The third-order valence-electron chi connectivity index (χ3n) is 4.61. The lowest BCUT2D eigenvalue weighted by Crippen LogP contribution is -2.06. The lowest BCUT2D eigenvalue weighted by atomic mass is 9.98. The minimum Gasteiger partial charge on any atom is -0.493 e. The Balaban J connectivity index is 1.78. The SMILES string of the molecule is Cc1cc(Oc2coc3cc(OCCCC(=O)O)ccc3c2=O)ccc1C(C)C. The van der Waals surface area contributed by atoms with Crippen LogP contribution in [0.4, 0.5) is 0 Å². The third-order valence-corrected chi connectivity index (χ3v) is 4.61. The molecule has 0 aliphatic rings. The van der Waals surface area contributed by atoms with Gasteiger partial charge in [-0.1, -0.05) is 19.9 Å². The Labute approximate surface area is 168 Å². The zero-order valence-electron chi connectivity index (χ0n) is 16.7. The molecule has 1 heterocycles. The van der Waals surface area contributed by atoms with Gasteiger partial charge in [0.05, 0.1) is 12.0 Å². The Bertz CT molecular complexity index is 1080. The van der Waals surface area contributed by atoms with Gasteiger partial charge in [-0.25, -0.2) is 0 Å². The number of carboxylic acids is 1. The van der Waals surface area contributed by atoms with Crippen LogP contribution in [-0.4, -0.2) is 17.7 Å². The molecule has 1 N–H and O–H groups in total. The Hall–Kier alpha value is -3.28. The molecule has 0 bridgehead atoms. The van der Waals surface area contributed by atoms with Gasteiger partial charge in [0.1, 0.15) is 23.3 Å². The zero-order chi connectivity index (χ0) is 21.0. The van der Waals surface area contributed by atoms with Crippen molar-refractivity contribution in [3.63, 3.8) is 0 Å². The van der Waals surface area contributed by atoms with Crippen molar-refractivity contribution in [2.45, 2.75) is 39.5 Å². The summed E-state index contributed by atoms with van der Waals surface area (Å²) in [7, 11) is 0. The van der Waals surface area contributed by atoms with Gasteiger partial charge in [-0.2, -0.15) is 0 Å². The summed E-state index contributed by atoms with van der Waals surface area (Å²) in [6.45, 7) is 6.55. The van der Waals surface area contributed by atoms with Crippen molar-refractivity contribution in [3.8, 4) is 17.2 Å². The van der Waals surface area contributed by atoms with E-state index < -0.39 is 5.97 Å². The second-order valence-electron chi connectivity index (χ2n) is 7.21. The fourth-order valence-corrected chi connectivity index (χ4v) is 3.15. The van der Waals surface area contributed by atoms with E-state index >= 15 is 0 Å². The standard InChI is InChI=1S/C23H24O6/c1-14(2)18-8-7-17(11-15(18)3)29-21-13-28-20-12-16(6-9-19(20)23(21)26)27-10-4-5-22(24)25/h6-9,11-14H,4-5,10H2,1-3H3,(H,24,25). The summed E-state index contributed by atoms with van der Waals surface area (Å²) in [6.07, 6.45) is 1.74. The number of ether oxygens (including phenoxy) is 2. The topological polar surface area (TPSA) is 86.0 Å². The number of fused-ring (bicyclic) bond motifs is 1. The Kier molecular flexibility index (Phi) is 6.22. The first-order chi connectivity index (χ1) is 13.8. The van der Waals surface area contributed by atoms with Crippen LogP contribution >= 0.6 is 0 Å². The highest BCUT2D eigenvalue weighted by molar-refractivity contribution is 5.79. The largest absolute Gasteiger partial charge is 0.493 e. The Morgan fingerprint density at radius 2 is 1.90 bits per heavy atom. The van der Waals surface area contributed by atoms with E-state index in [9.17, 15) is 9.59 Å². The molecule has 0 radical (unpaired) electrons. The molecule has 152 valence electrons. The highest BCUT2D eigenvalue weighted by Gasteiger charge is 2.12. The molecule has 0 atom stereocenters. The molecule has 29 heavy (non-hydrogen) atoms. The molecule has 6 heteroatoms. The number of carboxylic acid groups (broad SMARTS) is 1. The van der Waals surface area contributed by atoms with Gasteiger partial charge in [0.2, 0.25) is 11.2 Å². The van der Waals surface area contributed by atoms with Gasteiger partial charge in [-0.3, -0.25) is 9.59 Å². The summed E-state index contributed by atoms with van der Waals surface area (Å²) in [4.78, 5) is 23.3. The van der Waals surface area contributed by atoms with E-state index in [1.807, 2.05) is 25.1 Å². The van der Waals surface area contributed by atoms with Crippen LogP contribution in [0.5, 0.6) is 17.2 Å². The first-order valence-electron chi connectivity index (χ1n) is 9.53. The van der Waals surface area contributed by atoms with Gasteiger partial charge in [0.25, 0.3) is 0 Å². The maximum atomic E-state index is 12.7. The number of aryl methyl sites for hydroxylation is 1. The second kappa shape index (κ2) is 8.82. The quantitative estimate of drug-likeness (QED) is 0.523. The number of hydrogen-bond acceptors (Lipinski definition) is 5. The lowest BCUT2D eigenvalue weighted by Gasteiger charge is -2.12. The van der Waals surface area contributed by atoms with Crippen LogP contribution < -0.4 is 14.9 Å². The first-order valence-corrected chi connectivity index (χ1v) is 9.53. The van der Waals surface area contributed by atoms with Crippen molar-refractivity contribution in [2.24, 2.45) is 0 Å². The van der Waals surface area contributed by atoms with Crippen LogP contribution in [0.15, 0.2) is 51.9 Å². The van der Waals surface area contributed by atoms with E-state index in [1.165, 1.54) is 11.8 Å². The predicted octanol–water partition coefficient (Wildman–Crippen LogP) is 5.26. The average molecular weight is 396 g/mol. The van der Waals surface area contributed by atoms with Crippen molar-refractivity contribution in [3.05, 3.63) is 64.0 Å². The lowest BCUT2D eigenvalue weighted by molar-refractivity contribution is -0.137. The minimum atomic E-state index is -0.861. The number of benzene rings is 2. The summed E-state index contributed by atoms with van der Waals surface area (Å²) < 4.78 is 16.9. The van der Waals surface area contributed by atoms with Gasteiger partial charge in [0, 0.05) is 12.5 Å². The van der Waals surface area contributed by atoms with E-state index in [0.717, 1.165) is 5.56 Å². The molecule has 0 spiro atoms. The Morgan fingerprint density at radius 1 is 1.14 bits per heavy atom. The van der Waals surface area contributed by atoms with Crippen LogP contribution in [0.25, 0.3) is 11.0 Å². The number of hydrogen-bond donors (Lipinski definition) is 1. The molecular weight excluding hydrogens is 372 g/mol. The number of aliphatic carboxylic acids is 1. The summed E-state index contributed by atoms with van der Waals surface area (Å²) >= 11 is 0. The van der Waals surface area contributed by atoms with E-state index in [4.69, 9.17) is 19.0 Å². The summed E-state index contributed by atoms with van der Waals surface area (Å²) in [5.74, 6) is 0.760. The van der Waals surface area contributed by atoms with E-state index in [0.29, 0.717) is 34.8 Å². The van der Waals surface area contributed by atoms with Crippen LogP contribution in [0.2, 0.25) is 0 Å². The molecule has 0 amide bonds.